The Balaban J connectivity index is 2.04. The van der Waals surface area contributed by atoms with Crippen LogP contribution < -0.4 is 5.73 Å². The molecule has 0 atom stereocenters. The largest absolute Gasteiger partial charge is 0.395 e. The van der Waals surface area contributed by atoms with Gasteiger partial charge < -0.3 is 15.1 Å². The van der Waals surface area contributed by atoms with E-state index in [1.807, 2.05) is 12.1 Å². The summed E-state index contributed by atoms with van der Waals surface area (Å²) in [5, 5.41) is 4.49. The number of carbonyl (C=O) groups is 1. The highest BCUT2D eigenvalue weighted by Gasteiger charge is 2.33. The Hall–Kier alpha value is -2.56. The van der Waals surface area contributed by atoms with Gasteiger partial charge in [0.2, 0.25) is 5.91 Å². The Bertz CT molecular complexity index is 874. The van der Waals surface area contributed by atoms with Crippen LogP contribution in [0.3, 0.4) is 0 Å². The molecule has 0 spiro atoms. The Labute approximate surface area is 161 Å². The fourth-order valence-electron chi connectivity index (χ4n) is 3.66. The first-order valence-electron chi connectivity index (χ1n) is 9.48. The second-order valence-electron chi connectivity index (χ2n) is 8.64. The van der Waals surface area contributed by atoms with Gasteiger partial charge in [0.1, 0.15) is 6.61 Å². The highest BCUT2D eigenvalue weighted by Crippen LogP contribution is 2.38. The first kappa shape index (κ1) is 19.2. The third kappa shape index (κ3) is 4.07. The molecule has 2 N–H and O–H groups in total. The van der Waals surface area contributed by atoms with Crippen LogP contribution in [-0.2, 0) is 11.3 Å². The summed E-state index contributed by atoms with van der Waals surface area (Å²) in [7, 11) is 0. The van der Waals surface area contributed by atoms with E-state index in [0.717, 1.165) is 35.5 Å². The number of nitrogens with zero attached hydrogens (tertiary/aromatic N) is 2. The number of rotatable bonds is 5. The summed E-state index contributed by atoms with van der Waals surface area (Å²) in [5.41, 5.74) is 11.6. The Morgan fingerprint density at radius 3 is 2.52 bits per heavy atom. The zero-order chi connectivity index (χ0) is 19.8. The van der Waals surface area contributed by atoms with Gasteiger partial charge in [-0.1, -0.05) is 32.9 Å². The molecule has 27 heavy (non-hydrogen) atoms. The molecule has 5 nitrogen and oxygen atoms in total. The summed E-state index contributed by atoms with van der Waals surface area (Å²) in [4.78, 5) is 17.0. The second-order valence-corrected chi connectivity index (χ2v) is 8.64. The van der Waals surface area contributed by atoms with Gasteiger partial charge in [0.05, 0.1) is 5.71 Å². The summed E-state index contributed by atoms with van der Waals surface area (Å²) in [6.45, 7) is 11.5. The maximum atomic E-state index is 11.4. The van der Waals surface area contributed by atoms with E-state index >= 15 is 0 Å². The SMILES string of the molecule is Cc1cc2c(n1-c1ccc(C(N)=O)cc1)CC(C)(C)CC2=NOCC(C)C. The number of hydrogen-bond acceptors (Lipinski definition) is 3. The van der Waals surface area contributed by atoms with E-state index < -0.39 is 5.91 Å². The molecule has 0 bridgehead atoms. The molecule has 1 aliphatic rings. The summed E-state index contributed by atoms with van der Waals surface area (Å²) in [6, 6.07) is 9.63. The van der Waals surface area contributed by atoms with E-state index in [1.165, 1.54) is 5.69 Å². The van der Waals surface area contributed by atoms with Crippen LogP contribution in [0, 0.1) is 18.3 Å². The Kier molecular flexibility index (Phi) is 5.13. The molecule has 0 aliphatic heterocycles. The average molecular weight is 367 g/mol. The van der Waals surface area contributed by atoms with E-state index in [9.17, 15) is 4.79 Å². The first-order chi connectivity index (χ1) is 12.7. The zero-order valence-corrected chi connectivity index (χ0v) is 16.9. The van der Waals surface area contributed by atoms with Crippen molar-refractivity contribution < 1.29 is 9.63 Å². The molecule has 0 saturated heterocycles. The minimum Gasteiger partial charge on any atom is -0.395 e. The number of aryl methyl sites for hydroxylation is 1. The van der Waals surface area contributed by atoms with Gasteiger partial charge in [0.25, 0.3) is 0 Å². The number of primary amides is 1. The Morgan fingerprint density at radius 1 is 1.26 bits per heavy atom. The standard InChI is InChI=1S/C22H29N3O2/c1-14(2)13-27-24-19-11-22(4,5)12-20-18(19)10-15(3)25(20)17-8-6-16(7-9-17)21(23)26/h6-10,14H,11-13H2,1-5H3,(H2,23,26). The van der Waals surface area contributed by atoms with E-state index in [1.54, 1.807) is 12.1 Å². The van der Waals surface area contributed by atoms with Gasteiger partial charge in [-0.3, -0.25) is 4.79 Å². The number of fused-ring (bicyclic) bond motifs is 1. The van der Waals surface area contributed by atoms with Crippen molar-refractivity contribution >= 4 is 11.6 Å². The molecule has 1 aromatic heterocycles. The molecule has 5 heteroatoms. The van der Waals surface area contributed by atoms with Gasteiger partial charge in [0, 0.05) is 28.2 Å². The van der Waals surface area contributed by atoms with E-state index in [4.69, 9.17) is 10.6 Å². The number of aromatic nitrogens is 1. The molecule has 3 rings (SSSR count). The lowest BCUT2D eigenvalue weighted by atomic mass is 9.76. The lowest BCUT2D eigenvalue weighted by Crippen LogP contribution is -2.28. The van der Waals surface area contributed by atoms with E-state index in [2.05, 4.69) is 50.4 Å². The molecule has 2 aromatic rings. The van der Waals surface area contributed by atoms with Crippen LogP contribution in [0.4, 0.5) is 0 Å². The number of carbonyl (C=O) groups excluding carboxylic acids is 1. The predicted molar refractivity (Wildman–Crippen MR) is 108 cm³/mol. The maximum absolute atomic E-state index is 11.4. The lowest BCUT2D eigenvalue weighted by molar-refractivity contribution is 0.100. The Morgan fingerprint density at radius 2 is 1.93 bits per heavy atom. The first-order valence-corrected chi connectivity index (χ1v) is 9.48. The zero-order valence-electron chi connectivity index (χ0n) is 16.9. The summed E-state index contributed by atoms with van der Waals surface area (Å²) >= 11 is 0. The molecule has 1 aromatic carbocycles. The molecule has 1 aliphatic carbocycles. The fraction of sp³-hybridized carbons (Fsp3) is 0.455. The molecule has 0 saturated carbocycles. The molecule has 1 amide bonds. The van der Waals surface area contributed by atoms with Gasteiger partial charge in [-0.25, -0.2) is 0 Å². The summed E-state index contributed by atoms with van der Waals surface area (Å²) in [6.07, 6.45) is 1.85. The molecular formula is C22H29N3O2. The van der Waals surface area contributed by atoms with Crippen LogP contribution in [0.2, 0.25) is 0 Å². The van der Waals surface area contributed by atoms with E-state index in [-0.39, 0.29) is 5.41 Å². The normalized spacial score (nSPS) is 17.2. The van der Waals surface area contributed by atoms with E-state index in [0.29, 0.717) is 18.1 Å². The number of hydrogen-bond donors (Lipinski definition) is 1. The van der Waals surface area contributed by atoms with Crippen LogP contribution in [0.25, 0.3) is 5.69 Å². The van der Waals surface area contributed by atoms with Crippen molar-refractivity contribution in [1.29, 1.82) is 0 Å². The third-order valence-corrected chi connectivity index (χ3v) is 4.88. The average Bonchev–Trinajstić information content (AvgIpc) is 2.89. The van der Waals surface area contributed by atoms with Gasteiger partial charge >= 0.3 is 0 Å². The van der Waals surface area contributed by atoms with Crippen molar-refractivity contribution in [3.05, 3.63) is 52.8 Å². The molecule has 0 unspecified atom stereocenters. The lowest BCUT2D eigenvalue weighted by Gasteiger charge is -2.31. The molecule has 0 fully saturated rings. The number of amides is 1. The molecule has 1 heterocycles. The molecule has 144 valence electrons. The van der Waals surface area contributed by atoms with Gasteiger partial charge in [-0.2, -0.15) is 0 Å². The highest BCUT2D eigenvalue weighted by molar-refractivity contribution is 6.03. The topological polar surface area (TPSA) is 69.6 Å². The van der Waals surface area contributed by atoms with Crippen molar-refractivity contribution in [2.75, 3.05) is 6.61 Å². The number of nitrogens with two attached hydrogens (primary N) is 1. The van der Waals surface area contributed by atoms with Crippen LogP contribution in [0.15, 0.2) is 35.5 Å². The van der Waals surface area contributed by atoms with Crippen molar-refractivity contribution in [3.8, 4) is 5.69 Å². The minimum atomic E-state index is -0.411. The monoisotopic (exact) mass is 367 g/mol. The molecular weight excluding hydrogens is 338 g/mol. The molecule has 0 radical (unpaired) electrons. The van der Waals surface area contributed by atoms with Crippen LogP contribution >= 0.6 is 0 Å². The van der Waals surface area contributed by atoms with Crippen molar-refractivity contribution in [2.24, 2.45) is 22.2 Å². The van der Waals surface area contributed by atoms with Gasteiger partial charge in [-0.15, -0.1) is 0 Å². The van der Waals surface area contributed by atoms with Crippen molar-refractivity contribution in [2.45, 2.75) is 47.5 Å². The smallest absolute Gasteiger partial charge is 0.248 e. The van der Waals surface area contributed by atoms with Gasteiger partial charge in [-0.05, 0) is 61.4 Å². The highest BCUT2D eigenvalue weighted by atomic mass is 16.6. The summed E-state index contributed by atoms with van der Waals surface area (Å²) in [5.74, 6) is 0.0335. The van der Waals surface area contributed by atoms with Crippen LogP contribution in [0.5, 0.6) is 0 Å². The van der Waals surface area contributed by atoms with Crippen LogP contribution in [0.1, 0.15) is 61.4 Å². The maximum Gasteiger partial charge on any atom is 0.248 e. The second kappa shape index (κ2) is 7.22. The minimum absolute atomic E-state index is 0.0999. The van der Waals surface area contributed by atoms with Crippen LogP contribution in [-0.4, -0.2) is 22.8 Å². The number of benzene rings is 1. The third-order valence-electron chi connectivity index (χ3n) is 4.88. The predicted octanol–water partition coefficient (Wildman–Crippen LogP) is 4.23. The van der Waals surface area contributed by atoms with Crippen molar-refractivity contribution in [3.63, 3.8) is 0 Å². The summed E-state index contributed by atoms with van der Waals surface area (Å²) < 4.78 is 2.25. The quantitative estimate of drug-likeness (QED) is 0.803. The number of oxime groups is 1. The fourth-order valence-corrected chi connectivity index (χ4v) is 3.66. The van der Waals surface area contributed by atoms with Gasteiger partial charge in [0.15, 0.2) is 0 Å². The van der Waals surface area contributed by atoms with Crippen molar-refractivity contribution in [1.82, 2.24) is 4.57 Å².